The lowest BCUT2D eigenvalue weighted by molar-refractivity contribution is -0.117. The fraction of sp³-hybridized carbons (Fsp3) is 0.364. The smallest absolute Gasteiger partial charge is 0.242 e. The van der Waals surface area contributed by atoms with Crippen LogP contribution in [0.2, 0.25) is 5.02 Å². The highest BCUT2D eigenvalue weighted by Gasteiger charge is 2.22. The van der Waals surface area contributed by atoms with Gasteiger partial charge in [0.25, 0.3) is 0 Å². The van der Waals surface area contributed by atoms with Gasteiger partial charge in [0.15, 0.2) is 0 Å². The van der Waals surface area contributed by atoms with Crippen LogP contribution in [0, 0.1) is 6.92 Å². The van der Waals surface area contributed by atoms with Crippen molar-refractivity contribution < 1.29 is 4.79 Å². The van der Waals surface area contributed by atoms with E-state index in [9.17, 15) is 4.79 Å². The first-order chi connectivity index (χ1) is 7.66. The van der Waals surface area contributed by atoms with Crippen molar-refractivity contribution in [3.05, 3.63) is 28.8 Å². The van der Waals surface area contributed by atoms with E-state index in [0.717, 1.165) is 17.2 Å². The van der Waals surface area contributed by atoms with Gasteiger partial charge in [-0.25, -0.2) is 0 Å². The van der Waals surface area contributed by atoms with Crippen LogP contribution in [-0.4, -0.2) is 23.6 Å². The van der Waals surface area contributed by atoms with E-state index >= 15 is 0 Å². The van der Waals surface area contributed by atoms with Crippen LogP contribution in [0.25, 0.3) is 0 Å². The minimum Gasteiger partial charge on any atom is -0.323 e. The molecule has 2 N–H and O–H groups in total. The van der Waals surface area contributed by atoms with Gasteiger partial charge in [-0.1, -0.05) is 17.7 Å². The minimum absolute atomic E-state index is 0.0162. The first kappa shape index (κ1) is 11.8. The Balaban J connectivity index is 2.07. The van der Waals surface area contributed by atoms with Crippen LogP contribution >= 0.6 is 23.4 Å². The van der Waals surface area contributed by atoms with Gasteiger partial charge in [0.2, 0.25) is 5.91 Å². The molecule has 2 rings (SSSR count). The second-order valence-corrected chi connectivity index (χ2v) is 5.18. The van der Waals surface area contributed by atoms with E-state index in [2.05, 4.69) is 10.6 Å². The number of benzene rings is 1. The fourth-order valence-electron chi connectivity index (χ4n) is 1.52. The van der Waals surface area contributed by atoms with Gasteiger partial charge < -0.3 is 5.32 Å². The highest BCUT2D eigenvalue weighted by Crippen LogP contribution is 2.23. The van der Waals surface area contributed by atoms with Crippen LogP contribution in [0.3, 0.4) is 0 Å². The Hall–Kier alpha value is -0.710. The lowest BCUT2D eigenvalue weighted by atomic mass is 10.2. The average Bonchev–Trinajstić information content (AvgIpc) is 2.76. The maximum atomic E-state index is 11.8. The summed E-state index contributed by atoms with van der Waals surface area (Å²) in [5, 5.41) is 6.54. The molecule has 3 nitrogen and oxygen atoms in total. The summed E-state index contributed by atoms with van der Waals surface area (Å²) in [6, 6.07) is 5.48. The molecule has 5 heteroatoms. The zero-order chi connectivity index (χ0) is 11.5. The van der Waals surface area contributed by atoms with Gasteiger partial charge in [-0.15, -0.1) is 11.8 Å². The summed E-state index contributed by atoms with van der Waals surface area (Å²) in [4.78, 5) is 11.8. The van der Waals surface area contributed by atoms with Crippen molar-refractivity contribution in [2.45, 2.75) is 13.0 Å². The molecule has 1 aromatic carbocycles. The molecular formula is C11H13ClN2OS. The van der Waals surface area contributed by atoms with Crippen molar-refractivity contribution in [1.82, 2.24) is 5.32 Å². The topological polar surface area (TPSA) is 41.1 Å². The molecule has 0 aromatic heterocycles. The summed E-state index contributed by atoms with van der Waals surface area (Å²) in [6.45, 7) is 1.97. The lowest BCUT2D eigenvalue weighted by Crippen LogP contribution is -2.37. The molecule has 0 radical (unpaired) electrons. The van der Waals surface area contributed by atoms with E-state index in [4.69, 9.17) is 11.6 Å². The number of nitrogens with one attached hydrogen (secondary N) is 2. The number of rotatable bonds is 2. The number of hydrogen-bond acceptors (Lipinski definition) is 3. The van der Waals surface area contributed by atoms with Crippen LogP contribution in [-0.2, 0) is 4.79 Å². The van der Waals surface area contributed by atoms with Crippen LogP contribution in [0.15, 0.2) is 18.2 Å². The first-order valence-electron chi connectivity index (χ1n) is 5.05. The van der Waals surface area contributed by atoms with Crippen molar-refractivity contribution >= 4 is 35.0 Å². The largest absolute Gasteiger partial charge is 0.323 e. The lowest BCUT2D eigenvalue weighted by Gasteiger charge is -2.12. The SMILES string of the molecule is Cc1ccc(Cl)c(NC(=O)C2CSCN2)c1. The average molecular weight is 257 g/mol. The number of aryl methyl sites for hydroxylation is 1. The molecule has 0 bridgehead atoms. The van der Waals surface area contributed by atoms with Crippen LogP contribution in [0.1, 0.15) is 5.56 Å². The molecule has 1 aliphatic heterocycles. The van der Waals surface area contributed by atoms with Crippen molar-refractivity contribution in [3.8, 4) is 0 Å². The zero-order valence-corrected chi connectivity index (χ0v) is 10.5. The van der Waals surface area contributed by atoms with Crippen molar-refractivity contribution in [3.63, 3.8) is 0 Å². The third-order valence-corrected chi connectivity index (χ3v) is 3.68. The maximum absolute atomic E-state index is 11.8. The highest BCUT2D eigenvalue weighted by atomic mass is 35.5. The number of anilines is 1. The highest BCUT2D eigenvalue weighted by molar-refractivity contribution is 7.99. The molecule has 1 saturated heterocycles. The molecular weight excluding hydrogens is 244 g/mol. The molecule has 1 aliphatic rings. The van der Waals surface area contributed by atoms with Gasteiger partial charge in [0.1, 0.15) is 0 Å². The second kappa shape index (κ2) is 5.08. The number of amides is 1. The Kier molecular flexibility index (Phi) is 3.74. The molecule has 0 aliphatic carbocycles. The summed E-state index contributed by atoms with van der Waals surface area (Å²) in [6.07, 6.45) is 0. The summed E-state index contributed by atoms with van der Waals surface area (Å²) >= 11 is 7.73. The van der Waals surface area contributed by atoms with Gasteiger partial charge in [0, 0.05) is 11.6 Å². The van der Waals surface area contributed by atoms with E-state index in [1.165, 1.54) is 0 Å². The molecule has 1 amide bonds. The Morgan fingerprint density at radius 2 is 2.44 bits per heavy atom. The molecule has 1 atom stereocenters. The van der Waals surface area contributed by atoms with Crippen LogP contribution in [0.4, 0.5) is 5.69 Å². The molecule has 1 aromatic rings. The van der Waals surface area contributed by atoms with E-state index in [1.807, 2.05) is 19.1 Å². The minimum atomic E-state index is -0.110. The predicted octanol–water partition coefficient (Wildman–Crippen LogP) is 2.25. The Bertz CT molecular complexity index is 405. The Morgan fingerprint density at radius 1 is 1.62 bits per heavy atom. The van der Waals surface area contributed by atoms with E-state index in [1.54, 1.807) is 17.8 Å². The molecule has 0 spiro atoms. The third kappa shape index (κ3) is 2.70. The second-order valence-electron chi connectivity index (χ2n) is 3.74. The molecule has 1 unspecified atom stereocenters. The monoisotopic (exact) mass is 256 g/mol. The van der Waals surface area contributed by atoms with Gasteiger partial charge in [-0.05, 0) is 24.6 Å². The molecule has 86 valence electrons. The fourth-order valence-corrected chi connectivity index (χ4v) is 2.62. The van der Waals surface area contributed by atoms with E-state index in [0.29, 0.717) is 10.7 Å². The summed E-state index contributed by atoms with van der Waals surface area (Å²) in [5.41, 5.74) is 1.76. The van der Waals surface area contributed by atoms with Crippen molar-refractivity contribution in [1.29, 1.82) is 0 Å². The molecule has 16 heavy (non-hydrogen) atoms. The number of halogens is 1. The number of carbonyl (C=O) groups excluding carboxylic acids is 1. The zero-order valence-electron chi connectivity index (χ0n) is 8.92. The van der Waals surface area contributed by atoms with Gasteiger partial charge in [0.05, 0.1) is 16.8 Å². The maximum Gasteiger partial charge on any atom is 0.242 e. The van der Waals surface area contributed by atoms with Crippen molar-refractivity contribution in [2.75, 3.05) is 16.9 Å². The predicted molar refractivity (Wildman–Crippen MR) is 69.1 cm³/mol. The van der Waals surface area contributed by atoms with Crippen LogP contribution < -0.4 is 10.6 Å². The van der Waals surface area contributed by atoms with Gasteiger partial charge in [-0.3, -0.25) is 10.1 Å². The first-order valence-corrected chi connectivity index (χ1v) is 6.58. The third-order valence-electron chi connectivity index (χ3n) is 2.41. The van der Waals surface area contributed by atoms with Crippen molar-refractivity contribution in [2.24, 2.45) is 0 Å². The number of thioether (sulfide) groups is 1. The molecule has 1 heterocycles. The number of hydrogen-bond donors (Lipinski definition) is 2. The molecule has 0 saturated carbocycles. The van der Waals surface area contributed by atoms with E-state index in [-0.39, 0.29) is 11.9 Å². The normalized spacial score (nSPS) is 19.8. The van der Waals surface area contributed by atoms with Crippen LogP contribution in [0.5, 0.6) is 0 Å². The van der Waals surface area contributed by atoms with E-state index < -0.39 is 0 Å². The Labute approximate surface area is 104 Å². The summed E-state index contributed by atoms with van der Waals surface area (Å²) < 4.78 is 0. The quantitative estimate of drug-likeness (QED) is 0.853. The summed E-state index contributed by atoms with van der Waals surface area (Å²) in [7, 11) is 0. The number of carbonyl (C=O) groups is 1. The molecule has 1 fully saturated rings. The van der Waals surface area contributed by atoms with Gasteiger partial charge in [-0.2, -0.15) is 0 Å². The van der Waals surface area contributed by atoms with Gasteiger partial charge >= 0.3 is 0 Å². The Morgan fingerprint density at radius 3 is 3.12 bits per heavy atom. The standard InChI is InChI=1S/C11H13ClN2OS/c1-7-2-3-8(12)9(4-7)14-11(15)10-5-16-6-13-10/h2-4,10,13H,5-6H2,1H3,(H,14,15). The summed E-state index contributed by atoms with van der Waals surface area (Å²) in [5.74, 6) is 1.63.